The van der Waals surface area contributed by atoms with E-state index in [1.54, 1.807) is 7.11 Å². The second kappa shape index (κ2) is 11.3. The Morgan fingerprint density at radius 3 is 2.29 bits per heavy atom. The predicted octanol–water partition coefficient (Wildman–Crippen LogP) is 2.40. The molecule has 7 nitrogen and oxygen atoms in total. The summed E-state index contributed by atoms with van der Waals surface area (Å²) in [7, 11) is 1.59. The van der Waals surface area contributed by atoms with Gasteiger partial charge in [0.1, 0.15) is 11.6 Å². The van der Waals surface area contributed by atoms with E-state index in [0.717, 1.165) is 0 Å². The molecule has 1 amide bonds. The molecular weight excluding hydrogens is 312 g/mol. The number of hydrogen-bond acceptors (Lipinski definition) is 5. The van der Waals surface area contributed by atoms with Gasteiger partial charge in [0.2, 0.25) is 0 Å². The highest BCUT2D eigenvalue weighted by atomic mass is 16.6. The molecule has 0 spiro atoms. The number of carbonyl (C=O) groups is 2. The Bertz CT molecular complexity index is 380. The fraction of sp³-hybridized carbons (Fsp3) is 0.882. The molecule has 0 saturated heterocycles. The van der Waals surface area contributed by atoms with Crippen LogP contribution in [0, 0.1) is 5.92 Å². The molecule has 142 valence electrons. The third kappa shape index (κ3) is 12.1. The number of hydrogen-bond donors (Lipinski definition) is 3. The minimum absolute atomic E-state index is 0.0738. The highest BCUT2D eigenvalue weighted by Crippen LogP contribution is 2.09. The summed E-state index contributed by atoms with van der Waals surface area (Å²) in [5.41, 5.74) is -0.518. The van der Waals surface area contributed by atoms with Gasteiger partial charge in [-0.05, 0) is 46.0 Å². The first kappa shape index (κ1) is 22.7. The van der Waals surface area contributed by atoms with Crippen molar-refractivity contribution in [3.8, 4) is 0 Å². The summed E-state index contributed by atoms with van der Waals surface area (Å²) in [6, 6.07) is -0.667. The van der Waals surface area contributed by atoms with Crippen LogP contribution < -0.4 is 10.6 Å². The zero-order valence-electron chi connectivity index (χ0n) is 15.8. The molecule has 0 aliphatic carbocycles. The van der Waals surface area contributed by atoms with Crippen LogP contribution in [0.25, 0.3) is 0 Å². The van der Waals surface area contributed by atoms with Gasteiger partial charge in [-0.3, -0.25) is 10.1 Å². The lowest BCUT2D eigenvalue weighted by Crippen LogP contribution is -2.46. The van der Waals surface area contributed by atoms with E-state index in [9.17, 15) is 14.7 Å². The van der Waals surface area contributed by atoms with E-state index in [0.29, 0.717) is 32.4 Å². The van der Waals surface area contributed by atoms with Crippen molar-refractivity contribution in [2.24, 2.45) is 5.92 Å². The van der Waals surface area contributed by atoms with Gasteiger partial charge in [-0.15, -0.1) is 0 Å². The van der Waals surface area contributed by atoms with E-state index in [4.69, 9.17) is 9.47 Å². The summed E-state index contributed by atoms with van der Waals surface area (Å²) in [6.45, 7) is 10.3. The molecule has 0 fully saturated rings. The van der Waals surface area contributed by atoms with E-state index in [2.05, 4.69) is 10.6 Å². The summed E-state index contributed by atoms with van der Waals surface area (Å²) in [5.74, 6) is -0.563. The molecule has 0 aliphatic heterocycles. The summed E-state index contributed by atoms with van der Waals surface area (Å²) in [5, 5.41) is 15.2. The molecule has 2 unspecified atom stereocenters. The maximum atomic E-state index is 11.6. The molecule has 7 heteroatoms. The van der Waals surface area contributed by atoms with E-state index < -0.39 is 23.7 Å². The number of alkyl carbamates (subject to hydrolysis) is 1. The van der Waals surface area contributed by atoms with Gasteiger partial charge in [-0.25, -0.2) is 4.79 Å². The topological polar surface area (TPSA) is 96.9 Å². The molecule has 0 aliphatic rings. The van der Waals surface area contributed by atoms with Gasteiger partial charge in [0, 0.05) is 19.7 Å². The molecule has 0 radical (unpaired) electrons. The molecule has 0 heterocycles. The third-order valence-electron chi connectivity index (χ3n) is 3.21. The largest absolute Gasteiger partial charge is 0.480 e. The molecule has 0 bridgehead atoms. The maximum Gasteiger partial charge on any atom is 0.407 e. The fourth-order valence-electron chi connectivity index (χ4n) is 2.27. The van der Waals surface area contributed by atoms with Gasteiger partial charge in [-0.2, -0.15) is 0 Å². The Kier molecular flexibility index (Phi) is 10.6. The van der Waals surface area contributed by atoms with Crippen molar-refractivity contribution in [2.75, 3.05) is 20.3 Å². The van der Waals surface area contributed by atoms with Crippen LogP contribution in [-0.2, 0) is 14.3 Å². The van der Waals surface area contributed by atoms with Crippen molar-refractivity contribution in [1.29, 1.82) is 0 Å². The highest BCUT2D eigenvalue weighted by molar-refractivity contribution is 5.73. The summed E-state index contributed by atoms with van der Waals surface area (Å²) < 4.78 is 10.3. The molecular formula is C17H34N2O5. The number of ether oxygens (including phenoxy) is 2. The lowest BCUT2D eigenvalue weighted by molar-refractivity contribution is -0.140. The average molecular weight is 346 g/mol. The Balaban J connectivity index is 4.28. The second-order valence-corrected chi connectivity index (χ2v) is 7.41. The zero-order chi connectivity index (χ0) is 18.8. The van der Waals surface area contributed by atoms with Crippen LogP contribution in [0.4, 0.5) is 4.79 Å². The first-order valence-corrected chi connectivity index (χ1v) is 8.49. The van der Waals surface area contributed by atoms with Gasteiger partial charge < -0.3 is 19.9 Å². The van der Waals surface area contributed by atoms with E-state index in [1.165, 1.54) is 0 Å². The SMILES string of the molecule is COCC(CCCNC(=O)OC(C)(C)C)NC(CC(C)C)C(=O)O. The molecule has 0 aromatic heterocycles. The average Bonchev–Trinajstić information content (AvgIpc) is 2.40. The number of aliphatic carboxylic acids is 1. The van der Waals surface area contributed by atoms with Gasteiger partial charge >= 0.3 is 12.1 Å². The molecule has 0 aromatic carbocycles. The Morgan fingerprint density at radius 2 is 1.83 bits per heavy atom. The minimum Gasteiger partial charge on any atom is -0.480 e. The third-order valence-corrected chi connectivity index (χ3v) is 3.21. The summed E-state index contributed by atoms with van der Waals surface area (Å²) in [6.07, 6.45) is 1.52. The van der Waals surface area contributed by atoms with Crippen LogP contribution in [0.5, 0.6) is 0 Å². The number of carboxylic acids is 1. The lowest BCUT2D eigenvalue weighted by atomic mass is 10.0. The quantitative estimate of drug-likeness (QED) is 0.497. The minimum atomic E-state index is -0.850. The smallest absolute Gasteiger partial charge is 0.407 e. The van der Waals surface area contributed by atoms with Crippen molar-refractivity contribution < 1.29 is 24.2 Å². The highest BCUT2D eigenvalue weighted by Gasteiger charge is 2.22. The zero-order valence-corrected chi connectivity index (χ0v) is 15.8. The molecule has 3 N–H and O–H groups in total. The molecule has 0 rings (SSSR count). The van der Waals surface area contributed by atoms with Crippen LogP contribution in [0.15, 0.2) is 0 Å². The first-order valence-electron chi connectivity index (χ1n) is 8.49. The van der Waals surface area contributed by atoms with Gasteiger partial charge in [0.25, 0.3) is 0 Å². The van der Waals surface area contributed by atoms with E-state index >= 15 is 0 Å². The lowest BCUT2D eigenvalue weighted by Gasteiger charge is -2.24. The Labute approximate surface area is 145 Å². The van der Waals surface area contributed by atoms with Crippen LogP contribution in [-0.4, -0.2) is 55.1 Å². The van der Waals surface area contributed by atoms with Crippen molar-refractivity contribution in [3.63, 3.8) is 0 Å². The van der Waals surface area contributed by atoms with Crippen molar-refractivity contribution in [3.05, 3.63) is 0 Å². The standard InChI is InChI=1S/C17H34N2O5/c1-12(2)10-14(15(20)21)19-13(11-23-6)8-7-9-18-16(22)24-17(3,4)5/h12-14,19H,7-11H2,1-6H3,(H,18,22)(H,20,21). The Hall–Kier alpha value is -1.34. The van der Waals surface area contributed by atoms with Gasteiger partial charge in [-0.1, -0.05) is 13.8 Å². The summed E-state index contributed by atoms with van der Waals surface area (Å²) >= 11 is 0. The van der Waals surface area contributed by atoms with Crippen molar-refractivity contribution >= 4 is 12.1 Å². The van der Waals surface area contributed by atoms with Crippen molar-refractivity contribution in [2.45, 2.75) is 71.6 Å². The molecule has 0 saturated carbocycles. The second-order valence-electron chi connectivity index (χ2n) is 7.41. The number of carboxylic acid groups (broad SMARTS) is 1. The Morgan fingerprint density at radius 1 is 1.21 bits per heavy atom. The normalized spacial score (nSPS) is 14.3. The first-order chi connectivity index (χ1) is 11.0. The number of nitrogens with one attached hydrogen (secondary N) is 2. The van der Waals surface area contributed by atoms with E-state index in [-0.39, 0.29) is 12.0 Å². The number of amides is 1. The monoisotopic (exact) mass is 346 g/mol. The van der Waals surface area contributed by atoms with Gasteiger partial charge in [0.05, 0.1) is 6.61 Å². The molecule has 2 atom stereocenters. The van der Waals surface area contributed by atoms with Crippen molar-refractivity contribution in [1.82, 2.24) is 10.6 Å². The molecule has 24 heavy (non-hydrogen) atoms. The number of methoxy groups -OCH3 is 1. The van der Waals surface area contributed by atoms with Crippen LogP contribution in [0.1, 0.15) is 53.9 Å². The van der Waals surface area contributed by atoms with Gasteiger partial charge in [0.15, 0.2) is 0 Å². The predicted molar refractivity (Wildman–Crippen MR) is 93.1 cm³/mol. The van der Waals surface area contributed by atoms with Crippen LogP contribution >= 0.6 is 0 Å². The van der Waals surface area contributed by atoms with E-state index in [1.807, 2.05) is 34.6 Å². The molecule has 0 aromatic rings. The fourth-order valence-corrected chi connectivity index (χ4v) is 2.27. The van der Waals surface area contributed by atoms with Crippen LogP contribution in [0.2, 0.25) is 0 Å². The summed E-state index contributed by atoms with van der Waals surface area (Å²) in [4.78, 5) is 22.9. The number of carbonyl (C=O) groups excluding carboxylic acids is 1. The maximum absolute atomic E-state index is 11.6. The number of rotatable bonds is 11. The van der Waals surface area contributed by atoms with Crippen LogP contribution in [0.3, 0.4) is 0 Å².